The summed E-state index contributed by atoms with van der Waals surface area (Å²) >= 11 is 0. The summed E-state index contributed by atoms with van der Waals surface area (Å²) in [6.45, 7) is 10.4. The van der Waals surface area contributed by atoms with Crippen molar-refractivity contribution in [1.82, 2.24) is 20.3 Å². The maximum atomic E-state index is 12.3. The Morgan fingerprint density at radius 1 is 1.18 bits per heavy atom. The van der Waals surface area contributed by atoms with Crippen LogP contribution in [-0.4, -0.2) is 67.2 Å². The molecule has 0 unspecified atom stereocenters. The number of carbonyl (C=O) groups is 1. The zero-order chi connectivity index (χ0) is 19.9. The number of piperazine rings is 1. The molecule has 1 aromatic heterocycles. The molecule has 0 bridgehead atoms. The van der Waals surface area contributed by atoms with Crippen molar-refractivity contribution in [3.05, 3.63) is 46.8 Å². The van der Waals surface area contributed by atoms with E-state index in [1.807, 2.05) is 26.0 Å². The SMILES string of the molecule is Cc1noc(C)c1COc1ccc(C(=O)NCCCN2CCN(C)CC2)cc1. The first-order valence-electron chi connectivity index (χ1n) is 9.86. The highest BCUT2D eigenvalue weighted by Gasteiger charge is 2.13. The van der Waals surface area contributed by atoms with Crippen LogP contribution in [-0.2, 0) is 6.61 Å². The first-order valence-corrected chi connectivity index (χ1v) is 9.86. The Labute approximate surface area is 166 Å². The minimum atomic E-state index is -0.0457. The van der Waals surface area contributed by atoms with Crippen molar-refractivity contribution in [2.45, 2.75) is 26.9 Å². The van der Waals surface area contributed by atoms with Gasteiger partial charge in [0.05, 0.1) is 11.3 Å². The number of hydrogen-bond acceptors (Lipinski definition) is 6. The van der Waals surface area contributed by atoms with Gasteiger partial charge in [-0.05, 0) is 58.1 Å². The predicted molar refractivity (Wildman–Crippen MR) is 108 cm³/mol. The lowest BCUT2D eigenvalue weighted by Gasteiger charge is -2.32. The normalized spacial score (nSPS) is 15.5. The Balaban J connectivity index is 1.38. The van der Waals surface area contributed by atoms with Crippen molar-refractivity contribution in [3.8, 4) is 5.75 Å². The van der Waals surface area contributed by atoms with E-state index in [-0.39, 0.29) is 5.91 Å². The number of benzene rings is 1. The van der Waals surface area contributed by atoms with E-state index in [4.69, 9.17) is 9.26 Å². The average molecular weight is 386 g/mol. The molecule has 0 saturated carbocycles. The number of hydrogen-bond donors (Lipinski definition) is 1. The second-order valence-electron chi connectivity index (χ2n) is 7.37. The van der Waals surface area contributed by atoms with E-state index in [0.29, 0.717) is 24.5 Å². The molecule has 28 heavy (non-hydrogen) atoms. The Kier molecular flexibility index (Phi) is 7.06. The number of rotatable bonds is 8. The molecule has 152 valence electrons. The van der Waals surface area contributed by atoms with Gasteiger partial charge in [-0.25, -0.2) is 0 Å². The molecule has 3 rings (SSSR count). The first kappa shape index (κ1) is 20.4. The molecule has 0 aliphatic carbocycles. The van der Waals surface area contributed by atoms with Gasteiger partial charge in [-0.3, -0.25) is 4.79 Å². The molecule has 0 radical (unpaired) electrons. The zero-order valence-corrected chi connectivity index (χ0v) is 17.0. The van der Waals surface area contributed by atoms with Crippen LogP contribution in [0.15, 0.2) is 28.8 Å². The van der Waals surface area contributed by atoms with Crippen molar-refractivity contribution in [1.29, 1.82) is 0 Å². The Bertz CT molecular complexity index is 745. The number of amides is 1. The highest BCUT2D eigenvalue weighted by atomic mass is 16.5. The van der Waals surface area contributed by atoms with E-state index in [1.54, 1.807) is 12.1 Å². The van der Waals surface area contributed by atoms with Crippen molar-refractivity contribution in [3.63, 3.8) is 0 Å². The fourth-order valence-electron chi connectivity index (χ4n) is 3.24. The fraction of sp³-hybridized carbons (Fsp3) is 0.524. The molecule has 2 heterocycles. The Hall–Kier alpha value is -2.38. The van der Waals surface area contributed by atoms with Gasteiger partial charge in [0, 0.05) is 38.3 Å². The Morgan fingerprint density at radius 3 is 2.54 bits per heavy atom. The number of nitrogens with one attached hydrogen (secondary N) is 1. The molecule has 2 aromatic rings. The lowest BCUT2D eigenvalue weighted by Crippen LogP contribution is -2.45. The summed E-state index contributed by atoms with van der Waals surface area (Å²) < 4.78 is 10.9. The van der Waals surface area contributed by atoms with Crippen LogP contribution in [0, 0.1) is 13.8 Å². The maximum Gasteiger partial charge on any atom is 0.251 e. The van der Waals surface area contributed by atoms with Gasteiger partial charge in [0.1, 0.15) is 18.1 Å². The number of likely N-dealkylation sites (N-methyl/N-ethyl adjacent to an activating group) is 1. The average Bonchev–Trinajstić information content (AvgIpc) is 3.03. The fourth-order valence-corrected chi connectivity index (χ4v) is 3.24. The number of ether oxygens (including phenoxy) is 1. The van der Waals surface area contributed by atoms with Crippen LogP contribution in [0.5, 0.6) is 5.75 Å². The number of aromatic nitrogens is 1. The monoisotopic (exact) mass is 386 g/mol. The molecular formula is C21H30N4O3. The quantitative estimate of drug-likeness (QED) is 0.702. The molecule has 0 spiro atoms. The van der Waals surface area contributed by atoms with Crippen molar-refractivity contribution >= 4 is 5.91 Å². The van der Waals surface area contributed by atoms with Crippen molar-refractivity contribution < 1.29 is 14.1 Å². The molecule has 1 aliphatic heterocycles. The number of aryl methyl sites for hydroxylation is 2. The van der Waals surface area contributed by atoms with Crippen LogP contribution in [0.3, 0.4) is 0 Å². The summed E-state index contributed by atoms with van der Waals surface area (Å²) in [5, 5.41) is 6.92. The van der Waals surface area contributed by atoms with E-state index < -0.39 is 0 Å². The van der Waals surface area contributed by atoms with Gasteiger partial charge in [0.15, 0.2) is 0 Å². The van der Waals surface area contributed by atoms with E-state index in [2.05, 4.69) is 27.3 Å². The Morgan fingerprint density at radius 2 is 1.89 bits per heavy atom. The second-order valence-corrected chi connectivity index (χ2v) is 7.37. The van der Waals surface area contributed by atoms with Crippen LogP contribution in [0.2, 0.25) is 0 Å². The van der Waals surface area contributed by atoms with E-state index in [1.165, 1.54) is 0 Å². The van der Waals surface area contributed by atoms with Gasteiger partial charge >= 0.3 is 0 Å². The third-order valence-electron chi connectivity index (χ3n) is 5.21. The van der Waals surface area contributed by atoms with Crippen molar-refractivity contribution in [2.24, 2.45) is 0 Å². The maximum absolute atomic E-state index is 12.3. The molecule has 1 N–H and O–H groups in total. The van der Waals surface area contributed by atoms with Gasteiger partial charge in [-0.1, -0.05) is 5.16 Å². The summed E-state index contributed by atoms with van der Waals surface area (Å²) in [7, 11) is 2.16. The summed E-state index contributed by atoms with van der Waals surface area (Å²) in [5.74, 6) is 1.44. The van der Waals surface area contributed by atoms with Gasteiger partial charge < -0.3 is 24.4 Å². The zero-order valence-electron chi connectivity index (χ0n) is 17.0. The highest BCUT2D eigenvalue weighted by molar-refractivity contribution is 5.94. The van der Waals surface area contributed by atoms with Gasteiger partial charge in [-0.2, -0.15) is 0 Å². The van der Waals surface area contributed by atoms with Crippen LogP contribution in [0.4, 0.5) is 0 Å². The summed E-state index contributed by atoms with van der Waals surface area (Å²) in [5.41, 5.74) is 2.44. The molecule has 7 nitrogen and oxygen atoms in total. The second kappa shape index (κ2) is 9.71. The lowest BCUT2D eigenvalue weighted by atomic mass is 10.2. The topological polar surface area (TPSA) is 70.8 Å². The summed E-state index contributed by atoms with van der Waals surface area (Å²) in [6.07, 6.45) is 0.966. The lowest BCUT2D eigenvalue weighted by molar-refractivity contribution is 0.0949. The van der Waals surface area contributed by atoms with Gasteiger partial charge in [0.25, 0.3) is 5.91 Å². The molecule has 1 aromatic carbocycles. The van der Waals surface area contributed by atoms with Gasteiger partial charge in [0.2, 0.25) is 0 Å². The van der Waals surface area contributed by atoms with Crippen LogP contribution in [0.1, 0.15) is 33.8 Å². The third kappa shape index (κ3) is 5.56. The minimum Gasteiger partial charge on any atom is -0.489 e. The van der Waals surface area contributed by atoms with E-state index in [9.17, 15) is 4.79 Å². The third-order valence-corrected chi connectivity index (χ3v) is 5.21. The molecule has 1 saturated heterocycles. The molecule has 1 amide bonds. The number of nitrogens with zero attached hydrogens (tertiary/aromatic N) is 3. The summed E-state index contributed by atoms with van der Waals surface area (Å²) in [4.78, 5) is 17.1. The molecule has 1 aliphatic rings. The molecule has 7 heteroatoms. The smallest absolute Gasteiger partial charge is 0.251 e. The molecular weight excluding hydrogens is 356 g/mol. The van der Waals surface area contributed by atoms with Crippen LogP contribution in [0.25, 0.3) is 0 Å². The minimum absolute atomic E-state index is 0.0457. The largest absolute Gasteiger partial charge is 0.489 e. The molecule has 1 fully saturated rings. The van der Waals surface area contributed by atoms with Crippen molar-refractivity contribution in [2.75, 3.05) is 46.3 Å². The predicted octanol–water partition coefficient (Wildman–Crippen LogP) is 2.24. The van der Waals surface area contributed by atoms with Crippen LogP contribution >= 0.6 is 0 Å². The molecule has 0 atom stereocenters. The van der Waals surface area contributed by atoms with Gasteiger partial charge in [-0.15, -0.1) is 0 Å². The highest BCUT2D eigenvalue weighted by Crippen LogP contribution is 2.18. The van der Waals surface area contributed by atoms with E-state index in [0.717, 1.165) is 56.2 Å². The standard InChI is InChI=1S/C21H30N4O3/c1-16-20(17(2)28-23-16)15-27-19-7-5-18(6-8-19)21(26)22-9-4-10-25-13-11-24(3)12-14-25/h5-8H,4,9-15H2,1-3H3,(H,22,26). The van der Waals surface area contributed by atoms with Crippen LogP contribution < -0.4 is 10.1 Å². The van der Waals surface area contributed by atoms with E-state index >= 15 is 0 Å². The first-order chi connectivity index (χ1) is 13.5. The summed E-state index contributed by atoms with van der Waals surface area (Å²) in [6, 6.07) is 7.21. The number of carbonyl (C=O) groups excluding carboxylic acids is 1.